The van der Waals surface area contributed by atoms with Crippen LogP contribution >= 0.6 is 34.8 Å². The summed E-state index contributed by atoms with van der Waals surface area (Å²) in [5, 5.41) is 8.65. The minimum Gasteiger partial charge on any atom is -0.464 e. The standard InChI is InChI=1S/C23H17Cl3N2O/c1-13-2-4-14(5-3-13)20-12-21-17-11-16(24)7-9-22(17)29-23(28(21)27-20)15-6-8-18(25)19(26)10-15/h2-11,21,23H,12H2,1H3. The SMILES string of the molecule is Cc1ccc(C2=NN3C(C2)c2cc(Cl)ccc2OC3c2ccc(Cl)c(Cl)c2)cc1. The van der Waals surface area contributed by atoms with E-state index in [0.717, 1.165) is 34.6 Å². The summed E-state index contributed by atoms with van der Waals surface area (Å²) in [5.41, 5.74) is 5.30. The van der Waals surface area contributed by atoms with Crippen LogP contribution in [0.15, 0.2) is 65.8 Å². The Labute approximate surface area is 184 Å². The lowest BCUT2D eigenvalue weighted by atomic mass is 9.95. The predicted molar refractivity (Wildman–Crippen MR) is 118 cm³/mol. The summed E-state index contributed by atoms with van der Waals surface area (Å²) in [7, 11) is 0. The van der Waals surface area contributed by atoms with Gasteiger partial charge in [0, 0.05) is 22.6 Å². The zero-order chi connectivity index (χ0) is 20.1. The number of rotatable bonds is 2. The van der Waals surface area contributed by atoms with E-state index in [1.165, 1.54) is 5.56 Å². The molecule has 2 heterocycles. The number of halogens is 3. The van der Waals surface area contributed by atoms with Gasteiger partial charge in [0.1, 0.15) is 5.75 Å². The Morgan fingerprint density at radius 1 is 0.931 bits per heavy atom. The molecule has 3 aromatic rings. The highest BCUT2D eigenvalue weighted by molar-refractivity contribution is 6.42. The van der Waals surface area contributed by atoms with Crippen LogP contribution in [0.4, 0.5) is 0 Å². The third kappa shape index (κ3) is 3.38. The fourth-order valence-electron chi connectivity index (χ4n) is 3.86. The van der Waals surface area contributed by atoms with Gasteiger partial charge in [-0.3, -0.25) is 0 Å². The maximum Gasteiger partial charge on any atom is 0.213 e. The van der Waals surface area contributed by atoms with Crippen molar-refractivity contribution in [3.05, 3.63) is 98.0 Å². The first kappa shape index (κ1) is 18.8. The molecule has 0 saturated heterocycles. The Morgan fingerprint density at radius 3 is 2.48 bits per heavy atom. The number of fused-ring (bicyclic) bond motifs is 3. The van der Waals surface area contributed by atoms with Crippen molar-refractivity contribution in [2.75, 3.05) is 0 Å². The number of ether oxygens (including phenoxy) is 1. The van der Waals surface area contributed by atoms with Gasteiger partial charge in [0.2, 0.25) is 6.23 Å². The van der Waals surface area contributed by atoms with E-state index in [1.807, 2.05) is 35.3 Å². The van der Waals surface area contributed by atoms with Crippen molar-refractivity contribution in [3.63, 3.8) is 0 Å². The van der Waals surface area contributed by atoms with E-state index < -0.39 is 6.23 Å². The maximum atomic E-state index is 6.34. The average molecular weight is 444 g/mol. The van der Waals surface area contributed by atoms with E-state index in [4.69, 9.17) is 44.6 Å². The van der Waals surface area contributed by atoms with Crippen LogP contribution in [0.1, 0.15) is 40.9 Å². The monoisotopic (exact) mass is 442 g/mol. The van der Waals surface area contributed by atoms with Crippen molar-refractivity contribution in [3.8, 4) is 5.75 Å². The number of hydrazone groups is 1. The van der Waals surface area contributed by atoms with Gasteiger partial charge in [-0.25, -0.2) is 5.01 Å². The van der Waals surface area contributed by atoms with E-state index in [1.54, 1.807) is 6.07 Å². The molecule has 0 saturated carbocycles. The predicted octanol–water partition coefficient (Wildman–Crippen LogP) is 7.20. The molecule has 0 bridgehead atoms. The van der Waals surface area contributed by atoms with Crippen LogP contribution in [0.2, 0.25) is 15.1 Å². The smallest absolute Gasteiger partial charge is 0.213 e. The van der Waals surface area contributed by atoms with Crippen molar-refractivity contribution >= 4 is 40.5 Å². The zero-order valence-corrected chi connectivity index (χ0v) is 17.8. The first-order valence-corrected chi connectivity index (χ1v) is 10.5. The lowest BCUT2D eigenvalue weighted by Crippen LogP contribution is -2.33. The van der Waals surface area contributed by atoms with Crippen molar-refractivity contribution in [2.24, 2.45) is 5.10 Å². The van der Waals surface area contributed by atoms with Crippen LogP contribution in [0, 0.1) is 6.92 Å². The van der Waals surface area contributed by atoms with Gasteiger partial charge in [0.05, 0.1) is 21.8 Å². The number of benzene rings is 3. The molecule has 0 radical (unpaired) electrons. The molecule has 3 nitrogen and oxygen atoms in total. The largest absolute Gasteiger partial charge is 0.464 e. The van der Waals surface area contributed by atoms with E-state index in [2.05, 4.69) is 31.2 Å². The number of hydrogen-bond acceptors (Lipinski definition) is 3. The fraction of sp³-hybridized carbons (Fsp3) is 0.174. The van der Waals surface area contributed by atoms with Crippen molar-refractivity contribution in [1.29, 1.82) is 0 Å². The summed E-state index contributed by atoms with van der Waals surface area (Å²) in [6.45, 7) is 2.08. The summed E-state index contributed by atoms with van der Waals surface area (Å²) in [5.74, 6) is 0.812. The molecule has 0 fully saturated rings. The molecule has 146 valence electrons. The Hall–Kier alpha value is -2.20. The molecule has 0 amide bonds. The zero-order valence-electron chi connectivity index (χ0n) is 15.6. The first-order chi connectivity index (χ1) is 14.0. The minimum absolute atomic E-state index is 0.0354. The number of aryl methyl sites for hydroxylation is 1. The minimum atomic E-state index is -0.397. The van der Waals surface area contributed by atoms with E-state index in [9.17, 15) is 0 Å². The summed E-state index contributed by atoms with van der Waals surface area (Å²) in [6.07, 6.45) is 0.379. The molecule has 29 heavy (non-hydrogen) atoms. The van der Waals surface area contributed by atoms with Gasteiger partial charge in [0.15, 0.2) is 0 Å². The third-order valence-corrected chi connectivity index (χ3v) is 6.34. The van der Waals surface area contributed by atoms with Gasteiger partial charge >= 0.3 is 0 Å². The molecule has 0 aromatic heterocycles. The second-order valence-corrected chi connectivity index (χ2v) is 8.59. The Morgan fingerprint density at radius 2 is 1.72 bits per heavy atom. The van der Waals surface area contributed by atoms with Gasteiger partial charge in [-0.2, -0.15) is 5.10 Å². The molecule has 3 aromatic carbocycles. The Bertz CT molecular complexity index is 1130. The summed E-state index contributed by atoms with van der Waals surface area (Å²) < 4.78 is 6.34. The summed E-state index contributed by atoms with van der Waals surface area (Å²) in [4.78, 5) is 0. The van der Waals surface area contributed by atoms with Crippen LogP contribution in [0.25, 0.3) is 0 Å². The molecular formula is C23H17Cl3N2O. The topological polar surface area (TPSA) is 24.8 Å². The molecule has 6 heteroatoms. The van der Waals surface area contributed by atoms with Crippen LogP contribution in [-0.4, -0.2) is 10.7 Å². The summed E-state index contributed by atoms with van der Waals surface area (Å²) in [6, 6.07) is 19.8. The van der Waals surface area contributed by atoms with Gasteiger partial charge in [0.25, 0.3) is 0 Å². The highest BCUT2D eigenvalue weighted by atomic mass is 35.5. The van der Waals surface area contributed by atoms with E-state index in [0.29, 0.717) is 15.1 Å². The molecule has 0 N–H and O–H groups in total. The Balaban J connectivity index is 1.61. The molecule has 0 spiro atoms. The van der Waals surface area contributed by atoms with Crippen molar-refractivity contribution in [1.82, 2.24) is 5.01 Å². The molecule has 0 aliphatic carbocycles. The molecule has 2 aliphatic rings. The number of hydrogen-bond donors (Lipinski definition) is 0. The number of nitrogens with zero attached hydrogens (tertiary/aromatic N) is 2. The lowest BCUT2D eigenvalue weighted by molar-refractivity contribution is -0.0190. The highest BCUT2D eigenvalue weighted by Crippen LogP contribution is 2.48. The fourth-order valence-corrected chi connectivity index (χ4v) is 4.35. The quantitative estimate of drug-likeness (QED) is 0.418. The van der Waals surface area contributed by atoms with Crippen LogP contribution in [0.5, 0.6) is 5.75 Å². The normalized spacial score (nSPS) is 20.0. The first-order valence-electron chi connectivity index (χ1n) is 9.33. The molecule has 2 aliphatic heterocycles. The van der Waals surface area contributed by atoms with Crippen LogP contribution in [0.3, 0.4) is 0 Å². The second-order valence-electron chi connectivity index (χ2n) is 7.34. The second kappa shape index (κ2) is 7.24. The third-order valence-electron chi connectivity index (χ3n) is 5.37. The van der Waals surface area contributed by atoms with Crippen LogP contribution < -0.4 is 4.74 Å². The van der Waals surface area contributed by atoms with E-state index >= 15 is 0 Å². The van der Waals surface area contributed by atoms with Gasteiger partial charge in [-0.15, -0.1) is 0 Å². The molecular weight excluding hydrogens is 427 g/mol. The molecule has 2 atom stereocenters. The lowest BCUT2D eigenvalue weighted by Gasteiger charge is -2.38. The summed E-state index contributed by atoms with van der Waals surface area (Å²) >= 11 is 18.7. The van der Waals surface area contributed by atoms with Gasteiger partial charge in [-0.05, 0) is 42.8 Å². The Kier molecular flexibility index (Phi) is 4.70. The van der Waals surface area contributed by atoms with E-state index in [-0.39, 0.29) is 6.04 Å². The van der Waals surface area contributed by atoms with Crippen molar-refractivity contribution in [2.45, 2.75) is 25.6 Å². The highest BCUT2D eigenvalue weighted by Gasteiger charge is 2.41. The molecule has 5 rings (SSSR count). The average Bonchev–Trinajstić information content (AvgIpc) is 3.16. The molecule has 2 unspecified atom stereocenters. The van der Waals surface area contributed by atoms with Gasteiger partial charge in [-0.1, -0.05) is 70.7 Å². The van der Waals surface area contributed by atoms with Crippen molar-refractivity contribution < 1.29 is 4.74 Å². The maximum absolute atomic E-state index is 6.34. The van der Waals surface area contributed by atoms with Gasteiger partial charge < -0.3 is 4.74 Å². The van der Waals surface area contributed by atoms with Crippen LogP contribution in [-0.2, 0) is 0 Å².